The van der Waals surface area contributed by atoms with Crippen molar-refractivity contribution < 1.29 is 44.0 Å². The molecule has 14 heteroatoms. The van der Waals surface area contributed by atoms with E-state index in [2.05, 4.69) is 10.1 Å². The van der Waals surface area contributed by atoms with Crippen molar-refractivity contribution in [2.45, 2.75) is 25.1 Å². The molecule has 0 aliphatic carbocycles. The number of benzene rings is 2. The predicted octanol–water partition coefficient (Wildman–Crippen LogP) is 6.21. The summed E-state index contributed by atoms with van der Waals surface area (Å²) in [5.41, 5.74) is -3.93. The minimum Gasteiger partial charge on any atom is -0.355 e. The van der Waals surface area contributed by atoms with E-state index in [1.165, 1.54) is 12.1 Å². The number of nitrogens with zero attached hydrogens (tertiary/aromatic N) is 4. The average Bonchev–Trinajstić information content (AvgIpc) is 3.19. The van der Waals surface area contributed by atoms with Gasteiger partial charge in [0.05, 0.1) is 29.3 Å². The van der Waals surface area contributed by atoms with Crippen LogP contribution in [0.1, 0.15) is 22.5 Å². The summed E-state index contributed by atoms with van der Waals surface area (Å²) in [4.78, 5) is 4.24. The van der Waals surface area contributed by atoms with Crippen molar-refractivity contribution >= 4 is 5.69 Å². The third kappa shape index (κ3) is 5.97. The smallest absolute Gasteiger partial charge is 0.355 e. The molecule has 3 rings (SSSR count). The van der Waals surface area contributed by atoms with Gasteiger partial charge < -0.3 is 9.42 Å². The first-order valence-corrected chi connectivity index (χ1v) is 9.10. The second-order valence-corrected chi connectivity index (χ2v) is 6.91. The summed E-state index contributed by atoms with van der Waals surface area (Å²) in [6.45, 7) is -2.49. The monoisotopic (exact) mass is 494 g/mol. The zero-order chi connectivity index (χ0) is 25.3. The summed E-state index contributed by atoms with van der Waals surface area (Å²) in [5.74, 6) is -0.849. The molecule has 0 fully saturated rings. The van der Waals surface area contributed by atoms with Crippen molar-refractivity contribution in [2.24, 2.45) is 0 Å². The highest BCUT2D eigenvalue weighted by molar-refractivity contribution is 5.56. The second kappa shape index (κ2) is 8.88. The lowest BCUT2D eigenvalue weighted by Gasteiger charge is -2.25. The predicted molar refractivity (Wildman–Crippen MR) is 98.0 cm³/mol. The lowest BCUT2D eigenvalue weighted by Crippen LogP contribution is -2.34. The van der Waals surface area contributed by atoms with Crippen molar-refractivity contribution in [1.29, 1.82) is 5.26 Å². The highest BCUT2D eigenvalue weighted by atomic mass is 19.4. The summed E-state index contributed by atoms with van der Waals surface area (Å²) in [6.07, 6.45) is -14.5. The first-order valence-electron chi connectivity index (χ1n) is 9.10. The van der Waals surface area contributed by atoms with Crippen LogP contribution < -0.4 is 4.90 Å². The molecule has 0 spiro atoms. The minimum absolute atomic E-state index is 0.159. The van der Waals surface area contributed by atoms with Gasteiger partial charge in [0, 0.05) is 11.3 Å². The Balaban J connectivity index is 1.95. The van der Waals surface area contributed by atoms with Crippen LogP contribution in [-0.4, -0.2) is 22.9 Å². The summed E-state index contributed by atoms with van der Waals surface area (Å²) >= 11 is 0. The fourth-order valence-electron chi connectivity index (χ4n) is 2.95. The van der Waals surface area contributed by atoms with E-state index in [1.54, 1.807) is 0 Å². The van der Waals surface area contributed by atoms with Crippen LogP contribution >= 0.6 is 0 Å². The van der Waals surface area contributed by atoms with Crippen molar-refractivity contribution in [3.63, 3.8) is 0 Å². The molecule has 0 unspecified atom stereocenters. The van der Waals surface area contributed by atoms with E-state index in [9.17, 15) is 39.5 Å². The zero-order valence-electron chi connectivity index (χ0n) is 16.6. The largest absolute Gasteiger partial charge is 0.417 e. The maximum absolute atomic E-state index is 13.2. The zero-order valence-corrected chi connectivity index (χ0v) is 16.6. The molecule has 0 aliphatic rings. The van der Waals surface area contributed by atoms with Crippen molar-refractivity contribution in [1.82, 2.24) is 10.1 Å². The lowest BCUT2D eigenvalue weighted by atomic mass is 10.1. The summed E-state index contributed by atoms with van der Waals surface area (Å²) < 4.78 is 123. The van der Waals surface area contributed by atoms with E-state index >= 15 is 0 Å². The van der Waals surface area contributed by atoms with Crippen LogP contribution in [0, 0.1) is 11.3 Å². The van der Waals surface area contributed by atoms with E-state index in [-0.39, 0.29) is 5.56 Å². The van der Waals surface area contributed by atoms with Crippen molar-refractivity contribution in [3.05, 3.63) is 65.0 Å². The van der Waals surface area contributed by atoms with Crippen LogP contribution in [0.5, 0.6) is 0 Å². The molecule has 0 radical (unpaired) electrons. The van der Waals surface area contributed by atoms with Gasteiger partial charge in [0.15, 0.2) is 5.82 Å². The van der Waals surface area contributed by atoms with E-state index < -0.39 is 65.7 Å². The molecule has 3 aromatic rings. The average molecular weight is 494 g/mol. The molecule has 0 aliphatic heterocycles. The molecule has 180 valence electrons. The summed E-state index contributed by atoms with van der Waals surface area (Å²) in [5, 5.41) is 12.3. The Kier molecular flexibility index (Phi) is 6.50. The Morgan fingerprint density at radius 2 is 1.62 bits per heavy atom. The van der Waals surface area contributed by atoms with Crippen molar-refractivity contribution in [3.8, 4) is 17.5 Å². The molecule has 0 amide bonds. The second-order valence-electron chi connectivity index (χ2n) is 6.91. The van der Waals surface area contributed by atoms with Gasteiger partial charge >= 0.3 is 18.5 Å². The molecule has 0 saturated carbocycles. The number of anilines is 1. The number of rotatable bonds is 5. The fourth-order valence-corrected chi connectivity index (χ4v) is 2.95. The van der Waals surface area contributed by atoms with Gasteiger partial charge in [0.2, 0.25) is 0 Å². The van der Waals surface area contributed by atoms with Gasteiger partial charge in [-0.15, -0.1) is 0 Å². The van der Waals surface area contributed by atoms with E-state index in [4.69, 9.17) is 9.78 Å². The van der Waals surface area contributed by atoms with Gasteiger partial charge in [-0.3, -0.25) is 0 Å². The number of nitriles is 1. The number of alkyl halides is 9. The molecule has 1 aromatic heterocycles. The Hall–Kier alpha value is -3.76. The van der Waals surface area contributed by atoms with Crippen LogP contribution in [0.25, 0.3) is 11.5 Å². The maximum atomic E-state index is 13.2. The normalized spacial score (nSPS) is 12.5. The van der Waals surface area contributed by atoms with Gasteiger partial charge in [-0.25, -0.2) is 0 Å². The molecule has 0 atom stereocenters. The van der Waals surface area contributed by atoms with Gasteiger partial charge in [-0.1, -0.05) is 11.2 Å². The van der Waals surface area contributed by atoms with Gasteiger partial charge in [-0.2, -0.15) is 49.8 Å². The molecule has 5 nitrogen and oxygen atoms in total. The molecule has 2 aromatic carbocycles. The first kappa shape index (κ1) is 24.9. The molecule has 1 heterocycles. The van der Waals surface area contributed by atoms with Crippen LogP contribution in [-0.2, 0) is 18.9 Å². The minimum atomic E-state index is -5.01. The number of hydrogen-bond donors (Lipinski definition) is 0. The summed E-state index contributed by atoms with van der Waals surface area (Å²) in [6, 6.07) is 7.08. The Morgan fingerprint density at radius 3 is 2.21 bits per heavy atom. The van der Waals surface area contributed by atoms with E-state index in [1.807, 2.05) is 0 Å². The fraction of sp³-hybridized carbons (Fsp3) is 0.250. The van der Waals surface area contributed by atoms with Crippen LogP contribution in [0.15, 0.2) is 47.0 Å². The quantitative estimate of drug-likeness (QED) is 0.395. The lowest BCUT2D eigenvalue weighted by molar-refractivity contribution is -0.138. The molecule has 0 N–H and O–H groups in total. The molecule has 34 heavy (non-hydrogen) atoms. The standard InChI is InChI=1S/C20H11F9N4O/c21-18(22,23)10-33(14-5-4-12(8-30)15(7-14)20(27,28)29)9-16-31-17(34-32-16)11-2-1-3-13(6-11)19(24,25)26/h1-7H,9-10H2. The topological polar surface area (TPSA) is 66.0 Å². The Labute approximate surface area is 185 Å². The first-order chi connectivity index (χ1) is 15.7. The SMILES string of the molecule is N#Cc1ccc(N(Cc2noc(-c3cccc(C(F)(F)F)c3)n2)CC(F)(F)F)cc1C(F)(F)F. The number of hydrogen-bond acceptors (Lipinski definition) is 5. The van der Waals surface area contributed by atoms with E-state index in [0.29, 0.717) is 17.0 Å². The summed E-state index contributed by atoms with van der Waals surface area (Å²) in [7, 11) is 0. The molecular formula is C20H11F9N4O. The molecular weight excluding hydrogens is 483 g/mol. The number of aromatic nitrogens is 2. The van der Waals surface area contributed by atoms with Crippen molar-refractivity contribution in [2.75, 3.05) is 11.4 Å². The highest BCUT2D eigenvalue weighted by Crippen LogP contribution is 2.36. The third-order valence-corrected chi connectivity index (χ3v) is 4.40. The van der Waals surface area contributed by atoms with E-state index in [0.717, 1.165) is 24.3 Å². The van der Waals surface area contributed by atoms with Gasteiger partial charge in [-0.05, 0) is 36.4 Å². The Morgan fingerprint density at radius 1 is 0.912 bits per heavy atom. The maximum Gasteiger partial charge on any atom is 0.417 e. The molecule has 0 bridgehead atoms. The van der Waals surface area contributed by atoms with Gasteiger partial charge in [0.1, 0.15) is 6.54 Å². The van der Waals surface area contributed by atoms with Crippen LogP contribution in [0.4, 0.5) is 45.2 Å². The molecule has 0 saturated heterocycles. The third-order valence-electron chi connectivity index (χ3n) is 4.40. The van der Waals surface area contributed by atoms with Gasteiger partial charge in [0.25, 0.3) is 5.89 Å². The van der Waals surface area contributed by atoms with Crippen LogP contribution in [0.3, 0.4) is 0 Å². The van der Waals surface area contributed by atoms with Crippen LogP contribution in [0.2, 0.25) is 0 Å². The Bertz CT molecular complexity index is 1210. The highest BCUT2D eigenvalue weighted by Gasteiger charge is 2.36. The number of halogens is 9.